The Morgan fingerprint density at radius 2 is 2.04 bits per heavy atom. The van der Waals surface area contributed by atoms with Crippen molar-refractivity contribution in [2.75, 3.05) is 0 Å². The fourth-order valence-electron chi connectivity index (χ4n) is 3.29. The van der Waals surface area contributed by atoms with Crippen molar-refractivity contribution in [1.29, 1.82) is 0 Å². The molecule has 1 aromatic carbocycles. The molecule has 0 unspecified atom stereocenters. The summed E-state index contributed by atoms with van der Waals surface area (Å²) in [6, 6.07) is 8.21. The van der Waals surface area contributed by atoms with Crippen LogP contribution in [0.15, 0.2) is 30.5 Å². The molecule has 128 valence electrons. The molecule has 1 saturated carbocycles. The van der Waals surface area contributed by atoms with Crippen LogP contribution in [0, 0.1) is 6.92 Å². The lowest BCUT2D eigenvalue weighted by Gasteiger charge is -2.32. The Morgan fingerprint density at radius 1 is 1.29 bits per heavy atom. The van der Waals surface area contributed by atoms with E-state index in [1.807, 2.05) is 31.2 Å². The maximum absolute atomic E-state index is 12.4. The second-order valence-corrected chi connectivity index (χ2v) is 6.54. The third kappa shape index (κ3) is 4.00. The van der Waals surface area contributed by atoms with Gasteiger partial charge in [-0.25, -0.2) is 4.68 Å². The van der Waals surface area contributed by atoms with Gasteiger partial charge in [0.2, 0.25) is 5.91 Å². The van der Waals surface area contributed by atoms with Gasteiger partial charge in [0.1, 0.15) is 5.69 Å². The summed E-state index contributed by atoms with van der Waals surface area (Å²) in [5.41, 5.74) is 2.77. The van der Waals surface area contributed by atoms with Gasteiger partial charge in [0, 0.05) is 0 Å². The van der Waals surface area contributed by atoms with E-state index in [9.17, 15) is 4.79 Å². The number of benzene rings is 1. The summed E-state index contributed by atoms with van der Waals surface area (Å²) >= 11 is 0. The number of rotatable bonds is 5. The maximum atomic E-state index is 12.4. The van der Waals surface area contributed by atoms with Crippen molar-refractivity contribution in [3.63, 3.8) is 0 Å². The predicted molar refractivity (Wildman–Crippen MR) is 90.3 cm³/mol. The van der Waals surface area contributed by atoms with Gasteiger partial charge in [-0.1, -0.05) is 47.9 Å². The van der Waals surface area contributed by atoms with E-state index in [1.54, 1.807) is 10.9 Å². The van der Waals surface area contributed by atoms with Crippen molar-refractivity contribution >= 4 is 5.91 Å². The summed E-state index contributed by atoms with van der Waals surface area (Å²) in [6.07, 6.45) is 6.29. The third-order valence-corrected chi connectivity index (χ3v) is 4.62. The lowest BCUT2D eigenvalue weighted by molar-refractivity contribution is -0.121. The average molecular weight is 328 g/mol. The van der Waals surface area contributed by atoms with E-state index in [-0.39, 0.29) is 24.6 Å². The maximum Gasteiger partial charge on any atom is 0.224 e. The van der Waals surface area contributed by atoms with E-state index >= 15 is 0 Å². The standard InChI is InChI=1S/C18H24N4O2/c1-13-6-8-14(9-7-13)10-18(24)19-16-4-2-3-5-17(16)22-11-15(12-23)20-21-22/h6-9,11,16-17,23H,2-5,10,12H2,1H3,(H,19,24)/t16-,17+/m0/s1. The van der Waals surface area contributed by atoms with Crippen LogP contribution in [-0.4, -0.2) is 32.0 Å². The number of amides is 1. The Balaban J connectivity index is 1.64. The number of carbonyl (C=O) groups is 1. The molecule has 1 aromatic heterocycles. The highest BCUT2D eigenvalue weighted by molar-refractivity contribution is 5.78. The van der Waals surface area contributed by atoms with E-state index in [2.05, 4.69) is 15.6 Å². The van der Waals surface area contributed by atoms with Gasteiger partial charge in [-0.15, -0.1) is 5.10 Å². The van der Waals surface area contributed by atoms with Crippen LogP contribution in [0.2, 0.25) is 0 Å². The lowest BCUT2D eigenvalue weighted by atomic mass is 9.90. The summed E-state index contributed by atoms with van der Waals surface area (Å²) in [6.45, 7) is 1.92. The van der Waals surface area contributed by atoms with Gasteiger partial charge in [-0.05, 0) is 25.3 Å². The largest absolute Gasteiger partial charge is 0.390 e. The molecule has 0 radical (unpaired) electrons. The van der Waals surface area contributed by atoms with Gasteiger partial charge in [0.25, 0.3) is 0 Å². The highest BCUT2D eigenvalue weighted by Crippen LogP contribution is 2.28. The van der Waals surface area contributed by atoms with Crippen LogP contribution in [0.3, 0.4) is 0 Å². The zero-order valence-corrected chi connectivity index (χ0v) is 14.0. The van der Waals surface area contributed by atoms with E-state index in [0.717, 1.165) is 31.2 Å². The Hall–Kier alpha value is -2.21. The Kier molecular flexibility index (Phi) is 5.25. The highest BCUT2D eigenvalue weighted by Gasteiger charge is 2.28. The molecule has 2 aromatic rings. The number of hydrogen-bond donors (Lipinski definition) is 2. The van der Waals surface area contributed by atoms with Crippen molar-refractivity contribution < 1.29 is 9.90 Å². The number of aromatic nitrogens is 3. The van der Waals surface area contributed by atoms with Crippen molar-refractivity contribution in [1.82, 2.24) is 20.3 Å². The van der Waals surface area contributed by atoms with Gasteiger partial charge in [-0.2, -0.15) is 0 Å². The van der Waals surface area contributed by atoms with Crippen molar-refractivity contribution in [3.05, 3.63) is 47.3 Å². The molecule has 0 aliphatic heterocycles. The van der Waals surface area contributed by atoms with E-state index in [0.29, 0.717) is 12.1 Å². The molecular formula is C18H24N4O2. The van der Waals surface area contributed by atoms with E-state index in [4.69, 9.17) is 5.11 Å². The van der Waals surface area contributed by atoms with Gasteiger partial charge >= 0.3 is 0 Å². The highest BCUT2D eigenvalue weighted by atomic mass is 16.3. The van der Waals surface area contributed by atoms with Crippen molar-refractivity contribution in [2.24, 2.45) is 0 Å². The van der Waals surface area contributed by atoms with E-state index < -0.39 is 0 Å². The number of aliphatic hydroxyl groups excluding tert-OH is 1. The predicted octanol–water partition coefficient (Wildman–Crippen LogP) is 1.92. The molecule has 1 fully saturated rings. The van der Waals surface area contributed by atoms with Crippen LogP contribution in [-0.2, 0) is 17.8 Å². The summed E-state index contributed by atoms with van der Waals surface area (Å²) in [5.74, 6) is 0.0400. The quantitative estimate of drug-likeness (QED) is 0.879. The first-order valence-corrected chi connectivity index (χ1v) is 8.52. The number of carbonyl (C=O) groups excluding carboxylic acids is 1. The fourth-order valence-corrected chi connectivity index (χ4v) is 3.29. The zero-order valence-electron chi connectivity index (χ0n) is 14.0. The number of aryl methyl sites for hydroxylation is 1. The molecule has 24 heavy (non-hydrogen) atoms. The number of nitrogens with one attached hydrogen (secondary N) is 1. The van der Waals surface area contributed by atoms with Crippen LogP contribution in [0.5, 0.6) is 0 Å². The molecule has 2 N–H and O–H groups in total. The zero-order chi connectivity index (χ0) is 16.9. The van der Waals surface area contributed by atoms with Crippen LogP contribution < -0.4 is 5.32 Å². The Morgan fingerprint density at radius 3 is 2.75 bits per heavy atom. The smallest absolute Gasteiger partial charge is 0.224 e. The molecule has 2 atom stereocenters. The first-order valence-electron chi connectivity index (χ1n) is 8.52. The molecule has 3 rings (SSSR count). The first-order chi connectivity index (χ1) is 11.7. The van der Waals surface area contributed by atoms with Gasteiger partial charge in [-0.3, -0.25) is 4.79 Å². The molecular weight excluding hydrogens is 304 g/mol. The fraction of sp³-hybridized carbons (Fsp3) is 0.500. The van der Waals surface area contributed by atoms with Crippen LogP contribution in [0.25, 0.3) is 0 Å². The first kappa shape index (κ1) is 16.6. The summed E-state index contributed by atoms with van der Waals surface area (Å²) in [5, 5.41) is 20.4. The Bertz CT molecular complexity index is 681. The summed E-state index contributed by atoms with van der Waals surface area (Å²) in [4.78, 5) is 12.4. The van der Waals surface area contributed by atoms with Gasteiger partial charge < -0.3 is 10.4 Å². The monoisotopic (exact) mass is 328 g/mol. The lowest BCUT2D eigenvalue weighted by Crippen LogP contribution is -2.43. The molecule has 0 bridgehead atoms. The van der Waals surface area contributed by atoms with Crippen LogP contribution in [0.4, 0.5) is 0 Å². The molecule has 1 amide bonds. The topological polar surface area (TPSA) is 80.0 Å². The molecule has 6 nitrogen and oxygen atoms in total. The summed E-state index contributed by atoms with van der Waals surface area (Å²) in [7, 11) is 0. The second kappa shape index (κ2) is 7.57. The SMILES string of the molecule is Cc1ccc(CC(=O)N[C@H]2CCCC[C@H]2n2cc(CO)nn2)cc1. The van der Waals surface area contributed by atoms with E-state index in [1.165, 1.54) is 5.56 Å². The van der Waals surface area contributed by atoms with Gasteiger partial charge in [0.05, 0.1) is 31.3 Å². The van der Waals surface area contributed by atoms with Crippen molar-refractivity contribution in [2.45, 2.75) is 57.7 Å². The number of hydrogen-bond acceptors (Lipinski definition) is 4. The van der Waals surface area contributed by atoms with Crippen molar-refractivity contribution in [3.8, 4) is 0 Å². The Labute approximate surface area is 141 Å². The molecule has 1 aliphatic carbocycles. The molecule has 0 saturated heterocycles. The molecule has 1 aliphatic rings. The number of nitrogens with zero attached hydrogens (tertiary/aromatic N) is 3. The minimum absolute atomic E-state index is 0.0400. The number of aliphatic hydroxyl groups is 1. The van der Waals surface area contributed by atoms with Crippen LogP contribution >= 0.6 is 0 Å². The van der Waals surface area contributed by atoms with Crippen LogP contribution in [0.1, 0.15) is 48.5 Å². The minimum atomic E-state index is -0.114. The summed E-state index contributed by atoms with van der Waals surface area (Å²) < 4.78 is 1.79. The molecule has 6 heteroatoms. The normalized spacial score (nSPS) is 20.8. The third-order valence-electron chi connectivity index (χ3n) is 4.62. The molecule has 1 heterocycles. The minimum Gasteiger partial charge on any atom is -0.390 e. The average Bonchev–Trinajstić information content (AvgIpc) is 3.06. The molecule has 0 spiro atoms. The second-order valence-electron chi connectivity index (χ2n) is 6.54. The van der Waals surface area contributed by atoms with Gasteiger partial charge in [0.15, 0.2) is 0 Å².